The average molecular weight is 1950 g/mol. The van der Waals surface area contributed by atoms with Crippen LogP contribution in [0.25, 0.3) is 11.6 Å². The molecule has 4 amide bonds. The second kappa shape index (κ2) is 50.8. The fourth-order valence-electron chi connectivity index (χ4n) is 17.5. The number of aryl methyl sites for hydroxylation is 5. The zero-order chi connectivity index (χ0) is 99.6. The normalized spacial score (nSPS) is 17.3. The quantitative estimate of drug-likeness (QED) is 0.00550. The summed E-state index contributed by atoms with van der Waals surface area (Å²) in [6.07, 6.45) is 10.9. The Kier molecular flexibility index (Phi) is 40.5. The van der Waals surface area contributed by atoms with Gasteiger partial charge in [0.1, 0.15) is 33.9 Å². The Balaban J connectivity index is 0.000000178. The van der Waals surface area contributed by atoms with Crippen molar-refractivity contribution >= 4 is 98.8 Å². The van der Waals surface area contributed by atoms with E-state index < -0.39 is 56.8 Å². The van der Waals surface area contributed by atoms with Gasteiger partial charge in [0, 0.05) is 175 Å². The van der Waals surface area contributed by atoms with Crippen molar-refractivity contribution in [2.24, 2.45) is 0 Å². The lowest BCUT2D eigenvalue weighted by molar-refractivity contribution is -0.110. The second-order valence-electron chi connectivity index (χ2n) is 38.2. The van der Waals surface area contributed by atoms with E-state index in [0.29, 0.717) is 99.1 Å². The van der Waals surface area contributed by atoms with Crippen molar-refractivity contribution < 1.29 is 103 Å². The maximum absolute atomic E-state index is 13.4. The highest BCUT2D eigenvalue weighted by atomic mass is 35.5. The predicted molar refractivity (Wildman–Crippen MR) is 520 cm³/mol. The van der Waals surface area contributed by atoms with Crippen LogP contribution in [0.1, 0.15) is 270 Å². The summed E-state index contributed by atoms with van der Waals surface area (Å²) in [5, 5.41) is 6.91. The van der Waals surface area contributed by atoms with Crippen LogP contribution in [0, 0.1) is 34.6 Å². The molecule has 0 spiro atoms. The van der Waals surface area contributed by atoms with Crippen LogP contribution in [-0.4, -0.2) is 354 Å². The van der Waals surface area contributed by atoms with E-state index in [9.17, 15) is 56.4 Å². The number of carbonyl (C=O) groups is 10. The lowest BCUT2D eigenvalue weighted by atomic mass is 10.0. The Hall–Kier alpha value is -9.90. The lowest BCUT2D eigenvalue weighted by Crippen LogP contribution is -2.43. The number of amides is 4. The third kappa shape index (κ3) is 31.6. The Morgan fingerprint density at radius 2 is 0.839 bits per heavy atom. The van der Waals surface area contributed by atoms with Gasteiger partial charge in [0.2, 0.25) is 0 Å². The average Bonchev–Trinajstić information content (AvgIpc) is 1.64. The van der Waals surface area contributed by atoms with Gasteiger partial charge in [0.25, 0.3) is 33.7 Å². The van der Waals surface area contributed by atoms with Gasteiger partial charge >= 0.3 is 29.8 Å². The van der Waals surface area contributed by atoms with Crippen LogP contribution < -0.4 is 10.6 Å². The van der Waals surface area contributed by atoms with Gasteiger partial charge in [-0.1, -0.05) is 11.6 Å². The van der Waals surface area contributed by atoms with Crippen LogP contribution in [0.5, 0.6) is 0 Å². The molecule has 8 aliphatic heterocycles. The van der Waals surface area contributed by atoms with Gasteiger partial charge in [0.15, 0.2) is 6.29 Å². The molecule has 0 aliphatic carbocycles. The number of H-pyrrole nitrogens is 5. The number of hydrogen-bond acceptors (Lipinski definition) is 27. The number of fused-ring (bicyclic) bond motifs is 4. The largest absolute Gasteiger partial charge is 0.462 e. The fourth-order valence-corrected chi connectivity index (χ4v) is 18.1. The van der Waals surface area contributed by atoms with Gasteiger partial charge in [-0.05, 0) is 234 Å². The van der Waals surface area contributed by atoms with Crippen molar-refractivity contribution in [2.45, 2.75) is 192 Å². The molecule has 7 N–H and O–H groups in total. The summed E-state index contributed by atoms with van der Waals surface area (Å²) >= 11 is 6.16. The van der Waals surface area contributed by atoms with E-state index in [4.69, 9.17) is 58.4 Å². The van der Waals surface area contributed by atoms with E-state index >= 15 is 0 Å². The number of nitrogens with zero attached hydrogens (tertiary/aromatic N) is 7. The van der Waals surface area contributed by atoms with Crippen molar-refractivity contribution in [3.05, 3.63) is 141 Å². The van der Waals surface area contributed by atoms with Gasteiger partial charge in [0.05, 0.1) is 118 Å². The molecule has 1 aromatic carbocycles. The molecule has 0 unspecified atom stereocenters. The van der Waals surface area contributed by atoms with Crippen LogP contribution in [0.4, 0.5) is 5.69 Å². The third-order valence-electron chi connectivity index (χ3n) is 24.4. The molecule has 4 saturated heterocycles. The number of anilines is 1. The minimum atomic E-state index is -3.53. The first-order valence-corrected chi connectivity index (χ1v) is 50.3. The fraction of sp³-hybridized carbons (Fsp3) is 0.616. The van der Waals surface area contributed by atoms with E-state index in [2.05, 4.69) is 55.2 Å². The molecule has 14 rings (SSSR count). The molecule has 137 heavy (non-hydrogen) atoms. The standard InChI is InChI=1S/C24H27ClN4O3.C22H37N3O5.C20H31N3O4.C17H27NO7S.C16H23N3O3/c1-15-21(14-18-17-13-16(25)4-5-19(17)27-23(18)30)26-20-3-2-6-29(24(31)22(15)20)8-7-28-9-11-32-12-10-28;1-6-29-20(26)18-16(2)19(21(27)30-22(3,4)5)24-17(18)8-7-9-23-10-11-25-12-14-28-15-13-25;1-14-16-15(21-17(14)19(25)27-20(2,3)4)6-5-7-23(18(16)24)9-8-22-10-12-26-13-11-22;1-7-23-15(19)13-11(2)14(16(20)25-17(3,4)5)18-12(13)9-8-10-24-26(6,21)22;1-12-14(11-20)17-13-3-2-4-19(16(21)15(12)13)6-5-18-7-9-22-10-8-18/h4-5,13-14,26H,2-3,6-12H2,1H3,(H,27,30);23-24H,6-15H2,1-5H3;21H,5-13H2,1-4H3;18H,7-10H2,1-6H3;11,17H,2-10H2,1H3/b18-14-;;;;. The molecule has 8 aliphatic rings. The number of benzene rings is 1. The Morgan fingerprint density at radius 3 is 1.23 bits per heavy atom. The molecule has 0 atom stereocenters. The van der Waals surface area contributed by atoms with Gasteiger partial charge in [-0.15, -0.1) is 0 Å². The first-order chi connectivity index (χ1) is 65.1. The summed E-state index contributed by atoms with van der Waals surface area (Å²) < 4.78 is 74.9. The van der Waals surface area contributed by atoms with Crippen LogP contribution >= 0.6 is 11.6 Å². The van der Waals surface area contributed by atoms with Gasteiger partial charge in [-0.25, -0.2) is 24.0 Å². The number of rotatable bonds is 30. The highest BCUT2D eigenvalue weighted by molar-refractivity contribution is 7.86. The second-order valence-corrected chi connectivity index (χ2v) is 40.3. The number of halogens is 1. The summed E-state index contributed by atoms with van der Waals surface area (Å²) in [5.41, 5.74) is 12.6. The van der Waals surface area contributed by atoms with Crippen LogP contribution in [0.3, 0.4) is 0 Å². The summed E-state index contributed by atoms with van der Waals surface area (Å²) in [6.45, 7) is 52.7. The van der Waals surface area contributed by atoms with E-state index in [-0.39, 0.29) is 54.7 Å². The Labute approximate surface area is 810 Å². The summed E-state index contributed by atoms with van der Waals surface area (Å²) in [4.78, 5) is 156. The molecule has 0 saturated carbocycles. The van der Waals surface area contributed by atoms with Crippen LogP contribution in [0.15, 0.2) is 18.2 Å². The molecule has 6 aromatic rings. The summed E-state index contributed by atoms with van der Waals surface area (Å²) in [5.74, 6) is -2.40. The maximum atomic E-state index is 13.4. The monoisotopic (exact) mass is 1950 g/mol. The van der Waals surface area contributed by atoms with E-state index in [1.807, 2.05) is 89.2 Å². The minimum Gasteiger partial charge on any atom is -0.462 e. The molecule has 0 bridgehead atoms. The molecule has 5 aromatic heterocycles. The topological polar surface area (TPSA) is 423 Å². The van der Waals surface area contributed by atoms with Crippen LogP contribution in [0.2, 0.25) is 5.02 Å². The molecular formula is C99H145ClN14O22S. The molecule has 756 valence electrons. The summed E-state index contributed by atoms with van der Waals surface area (Å²) in [6, 6.07) is 5.36. The third-order valence-corrected chi connectivity index (χ3v) is 25.3. The molecule has 0 radical (unpaired) electrons. The first-order valence-electron chi connectivity index (χ1n) is 48.1. The Morgan fingerprint density at radius 1 is 0.467 bits per heavy atom. The number of morpholine rings is 4. The van der Waals surface area contributed by atoms with Gasteiger partial charge < -0.3 is 92.9 Å². The van der Waals surface area contributed by atoms with Crippen molar-refractivity contribution in [3.8, 4) is 0 Å². The number of carbonyl (C=O) groups excluding carboxylic acids is 10. The van der Waals surface area contributed by atoms with Crippen LogP contribution in [-0.2, 0) is 93.8 Å². The van der Waals surface area contributed by atoms with E-state index in [1.54, 1.807) is 60.6 Å². The number of ether oxygens (including phenoxy) is 9. The molecule has 36 nitrogen and oxygen atoms in total. The number of hydrogen-bond donors (Lipinski definition) is 7. The lowest BCUT2D eigenvalue weighted by Gasteiger charge is -2.29. The number of esters is 5. The molecule has 4 fully saturated rings. The SMILES string of the molecule is CCOC(=O)c1c(CCCNCCN2CCOCC2)[nH]c(C(=O)OC(C)(C)C)c1C.CCOC(=O)c1c(CCCOS(C)(=O)=O)[nH]c(C(=O)OC(C)(C)C)c1C.Cc1c(/C=C2\C(=O)Nc3ccc(Cl)cc32)[nH]c2c1C(=O)N(CCN1CCOCC1)CCC2.Cc1c(C(=O)OC(C)(C)C)[nH]c2c1C(=O)N(CCN1CCOCC1)CCC2.Cc1c(C=O)[nH]c2c1C(=O)N(CCN1CCOCC1)CCC2. The van der Waals surface area contributed by atoms with Crippen molar-refractivity contribution in [2.75, 3.05) is 215 Å². The highest BCUT2D eigenvalue weighted by Gasteiger charge is 2.37. The zero-order valence-corrected chi connectivity index (χ0v) is 84.8. The summed E-state index contributed by atoms with van der Waals surface area (Å²) in [7, 11) is -3.53. The van der Waals surface area contributed by atoms with E-state index in [1.165, 1.54) is 0 Å². The highest BCUT2D eigenvalue weighted by Crippen LogP contribution is 2.38. The van der Waals surface area contributed by atoms with Gasteiger partial charge in [-0.3, -0.25) is 47.8 Å². The minimum absolute atomic E-state index is 0.0133. The zero-order valence-electron chi connectivity index (χ0n) is 83.3. The van der Waals surface area contributed by atoms with E-state index in [0.717, 1.165) is 285 Å². The number of aromatic nitrogens is 5. The maximum Gasteiger partial charge on any atom is 0.355 e. The van der Waals surface area contributed by atoms with Gasteiger partial charge in [-0.2, -0.15) is 8.42 Å². The number of aromatic amines is 5. The smallest absolute Gasteiger partial charge is 0.355 e. The molecular weight excluding hydrogens is 1800 g/mol. The number of aldehydes is 1. The first kappa shape index (κ1) is 109. The molecule has 13 heterocycles. The van der Waals surface area contributed by atoms with Crippen molar-refractivity contribution in [1.82, 2.24) is 64.5 Å². The predicted octanol–water partition coefficient (Wildman–Crippen LogP) is 10.7. The molecule has 38 heteroatoms. The van der Waals surface area contributed by atoms with Crippen molar-refractivity contribution in [3.63, 3.8) is 0 Å². The Bertz CT molecular complexity index is 5310. The number of nitrogens with one attached hydrogen (secondary N) is 7. The van der Waals surface area contributed by atoms with Crippen molar-refractivity contribution in [1.29, 1.82) is 0 Å².